The standard InChI is InChI=1S/C10H9ClIN3S/c1-5(2)8-7(12)9(11)15-10(14-8)6-3-16-4-13-6/h3-5H,1-2H3. The summed E-state index contributed by atoms with van der Waals surface area (Å²) in [5, 5.41) is 2.42. The first kappa shape index (κ1) is 12.2. The van der Waals surface area contributed by atoms with Crippen molar-refractivity contribution in [1.82, 2.24) is 15.0 Å². The quantitative estimate of drug-likeness (QED) is 0.597. The summed E-state index contributed by atoms with van der Waals surface area (Å²) in [7, 11) is 0. The lowest BCUT2D eigenvalue weighted by atomic mass is 10.1. The summed E-state index contributed by atoms with van der Waals surface area (Å²) < 4.78 is 0.924. The minimum atomic E-state index is 0.324. The van der Waals surface area contributed by atoms with Crippen LogP contribution in [0.2, 0.25) is 5.15 Å². The average Bonchev–Trinajstić information content (AvgIpc) is 2.74. The molecule has 2 heterocycles. The van der Waals surface area contributed by atoms with Crippen LogP contribution in [0.15, 0.2) is 10.9 Å². The molecule has 2 rings (SSSR count). The van der Waals surface area contributed by atoms with Gasteiger partial charge in [0.15, 0.2) is 5.82 Å². The van der Waals surface area contributed by atoms with E-state index in [1.54, 1.807) is 5.51 Å². The van der Waals surface area contributed by atoms with Gasteiger partial charge < -0.3 is 0 Å². The van der Waals surface area contributed by atoms with Crippen LogP contribution in [-0.4, -0.2) is 15.0 Å². The van der Waals surface area contributed by atoms with Gasteiger partial charge in [-0.15, -0.1) is 11.3 Å². The topological polar surface area (TPSA) is 38.7 Å². The van der Waals surface area contributed by atoms with E-state index in [-0.39, 0.29) is 0 Å². The maximum atomic E-state index is 6.10. The van der Waals surface area contributed by atoms with Crippen molar-refractivity contribution in [2.75, 3.05) is 0 Å². The number of halogens is 2. The molecular weight excluding hydrogens is 357 g/mol. The van der Waals surface area contributed by atoms with Crippen molar-refractivity contribution in [3.8, 4) is 11.5 Å². The Kier molecular flexibility index (Phi) is 3.76. The zero-order valence-electron chi connectivity index (χ0n) is 8.74. The maximum Gasteiger partial charge on any atom is 0.180 e. The lowest BCUT2D eigenvalue weighted by molar-refractivity contribution is 0.807. The monoisotopic (exact) mass is 365 g/mol. The lowest BCUT2D eigenvalue weighted by Crippen LogP contribution is -2.02. The van der Waals surface area contributed by atoms with Gasteiger partial charge in [-0.2, -0.15) is 0 Å². The third-order valence-electron chi connectivity index (χ3n) is 2.04. The van der Waals surface area contributed by atoms with E-state index in [1.807, 2.05) is 5.38 Å². The molecule has 16 heavy (non-hydrogen) atoms. The Morgan fingerprint density at radius 2 is 2.12 bits per heavy atom. The van der Waals surface area contributed by atoms with E-state index < -0.39 is 0 Å². The molecule has 0 saturated heterocycles. The average molecular weight is 366 g/mol. The minimum Gasteiger partial charge on any atom is -0.241 e. The first-order valence-electron chi connectivity index (χ1n) is 4.71. The molecule has 2 aromatic rings. The highest BCUT2D eigenvalue weighted by molar-refractivity contribution is 14.1. The molecule has 0 unspecified atom stereocenters. The fourth-order valence-corrected chi connectivity index (χ4v) is 2.83. The first-order chi connectivity index (χ1) is 7.59. The van der Waals surface area contributed by atoms with Crippen LogP contribution >= 0.6 is 45.5 Å². The Labute approximate surface area is 116 Å². The SMILES string of the molecule is CC(C)c1nc(-c2cscn2)nc(Cl)c1I. The summed E-state index contributed by atoms with van der Waals surface area (Å²) in [6.45, 7) is 4.18. The van der Waals surface area contributed by atoms with Gasteiger partial charge in [-0.1, -0.05) is 25.4 Å². The third kappa shape index (κ3) is 2.36. The molecule has 0 aromatic carbocycles. The molecule has 0 spiro atoms. The van der Waals surface area contributed by atoms with Crippen molar-refractivity contribution < 1.29 is 0 Å². The summed E-state index contributed by atoms with van der Waals surface area (Å²) in [6, 6.07) is 0. The number of rotatable bonds is 2. The van der Waals surface area contributed by atoms with E-state index >= 15 is 0 Å². The molecule has 0 fully saturated rings. The highest BCUT2D eigenvalue weighted by Gasteiger charge is 2.15. The van der Waals surface area contributed by atoms with E-state index in [0.717, 1.165) is 15.0 Å². The Bertz CT molecular complexity index is 499. The van der Waals surface area contributed by atoms with E-state index in [9.17, 15) is 0 Å². The maximum absolute atomic E-state index is 6.10. The summed E-state index contributed by atoms with van der Waals surface area (Å²) in [4.78, 5) is 13.0. The predicted molar refractivity (Wildman–Crippen MR) is 75.0 cm³/mol. The summed E-state index contributed by atoms with van der Waals surface area (Å²) in [5.74, 6) is 0.931. The van der Waals surface area contributed by atoms with Gasteiger partial charge in [0, 0.05) is 5.38 Å². The normalized spacial score (nSPS) is 11.1. The second kappa shape index (κ2) is 4.93. The van der Waals surface area contributed by atoms with Crippen LogP contribution in [0.1, 0.15) is 25.5 Å². The molecule has 0 aliphatic carbocycles. The van der Waals surface area contributed by atoms with Crippen LogP contribution in [0, 0.1) is 3.57 Å². The molecule has 0 aliphatic heterocycles. The van der Waals surface area contributed by atoms with Gasteiger partial charge in [-0.25, -0.2) is 15.0 Å². The molecule has 0 saturated carbocycles. The zero-order chi connectivity index (χ0) is 11.7. The second-order valence-corrected chi connectivity index (χ2v) is 5.72. The summed E-state index contributed by atoms with van der Waals surface area (Å²) in [6.07, 6.45) is 0. The van der Waals surface area contributed by atoms with Crippen LogP contribution < -0.4 is 0 Å². The summed E-state index contributed by atoms with van der Waals surface area (Å²) in [5.41, 5.74) is 3.52. The van der Waals surface area contributed by atoms with Crippen LogP contribution in [0.4, 0.5) is 0 Å². The highest BCUT2D eigenvalue weighted by atomic mass is 127. The zero-order valence-corrected chi connectivity index (χ0v) is 12.5. The molecule has 0 amide bonds. The van der Waals surface area contributed by atoms with Crippen LogP contribution in [0.25, 0.3) is 11.5 Å². The van der Waals surface area contributed by atoms with Crippen molar-refractivity contribution >= 4 is 45.5 Å². The first-order valence-corrected chi connectivity index (χ1v) is 7.11. The van der Waals surface area contributed by atoms with Crippen molar-refractivity contribution in [3.05, 3.63) is 25.3 Å². The highest BCUT2D eigenvalue weighted by Crippen LogP contribution is 2.27. The number of hydrogen-bond donors (Lipinski definition) is 0. The second-order valence-electron chi connectivity index (χ2n) is 3.57. The Morgan fingerprint density at radius 1 is 1.38 bits per heavy atom. The number of aromatic nitrogens is 3. The number of hydrogen-bond acceptors (Lipinski definition) is 4. The van der Waals surface area contributed by atoms with Crippen LogP contribution in [0.5, 0.6) is 0 Å². The Hall–Kier alpha value is -0.270. The van der Waals surface area contributed by atoms with Gasteiger partial charge in [0.25, 0.3) is 0 Å². The molecule has 3 nitrogen and oxygen atoms in total. The lowest BCUT2D eigenvalue weighted by Gasteiger charge is -2.09. The molecule has 84 valence electrons. The minimum absolute atomic E-state index is 0.324. The predicted octanol–water partition coefficient (Wildman–Crippen LogP) is 3.98. The van der Waals surface area contributed by atoms with E-state index in [2.05, 4.69) is 51.4 Å². The van der Waals surface area contributed by atoms with Crippen molar-refractivity contribution in [2.24, 2.45) is 0 Å². The van der Waals surface area contributed by atoms with E-state index in [4.69, 9.17) is 11.6 Å². The molecule has 2 aromatic heterocycles. The Morgan fingerprint density at radius 3 is 2.69 bits per heavy atom. The van der Waals surface area contributed by atoms with Crippen molar-refractivity contribution in [1.29, 1.82) is 0 Å². The largest absolute Gasteiger partial charge is 0.241 e. The molecule has 0 atom stereocenters. The van der Waals surface area contributed by atoms with Gasteiger partial charge in [-0.3, -0.25) is 0 Å². The fraction of sp³-hybridized carbons (Fsp3) is 0.300. The number of nitrogens with zero attached hydrogens (tertiary/aromatic N) is 3. The third-order valence-corrected chi connectivity index (χ3v) is 4.29. The number of thiazole rings is 1. The van der Waals surface area contributed by atoms with Crippen LogP contribution in [0.3, 0.4) is 0 Å². The van der Waals surface area contributed by atoms with Gasteiger partial charge in [0.1, 0.15) is 10.8 Å². The smallest absolute Gasteiger partial charge is 0.180 e. The molecule has 0 bridgehead atoms. The van der Waals surface area contributed by atoms with Crippen molar-refractivity contribution in [2.45, 2.75) is 19.8 Å². The van der Waals surface area contributed by atoms with Crippen LogP contribution in [-0.2, 0) is 0 Å². The van der Waals surface area contributed by atoms with Gasteiger partial charge in [0.2, 0.25) is 0 Å². The molecule has 0 aliphatic rings. The Balaban J connectivity index is 2.57. The molecule has 6 heteroatoms. The molecule has 0 N–H and O–H groups in total. The van der Waals surface area contributed by atoms with E-state index in [0.29, 0.717) is 16.9 Å². The van der Waals surface area contributed by atoms with Gasteiger partial charge >= 0.3 is 0 Å². The van der Waals surface area contributed by atoms with Crippen molar-refractivity contribution in [3.63, 3.8) is 0 Å². The van der Waals surface area contributed by atoms with Gasteiger partial charge in [-0.05, 0) is 28.5 Å². The fourth-order valence-electron chi connectivity index (χ4n) is 1.26. The summed E-state index contributed by atoms with van der Waals surface area (Å²) >= 11 is 9.80. The van der Waals surface area contributed by atoms with E-state index in [1.165, 1.54) is 11.3 Å². The van der Waals surface area contributed by atoms with Gasteiger partial charge in [0.05, 0.1) is 14.8 Å². The molecule has 0 radical (unpaired) electrons. The molecular formula is C10H9ClIN3S.